The average molecular weight is 325 g/mol. The zero-order chi connectivity index (χ0) is 13.6. The Labute approximate surface area is 111 Å². The van der Waals surface area contributed by atoms with E-state index in [4.69, 9.17) is 0 Å². The molecule has 100 valence electrons. The van der Waals surface area contributed by atoms with Gasteiger partial charge in [-0.05, 0) is 34.5 Å². The van der Waals surface area contributed by atoms with Crippen LogP contribution in [-0.2, 0) is 0 Å². The van der Waals surface area contributed by atoms with Crippen molar-refractivity contribution in [1.29, 1.82) is 0 Å². The number of hydrogen-bond donors (Lipinski definition) is 1. The molecule has 0 bridgehead atoms. The molecule has 2 rings (SSSR count). The van der Waals surface area contributed by atoms with E-state index in [-0.39, 0.29) is 13.0 Å². The standard InChI is InChI=1S/C11H12BrF3N2O/c1-7-4-8(12)9(16-5-7)17-3-2-10(18,6-17)11(13,14)15/h4-5,18H,2-3,6H2,1H3/t10-/m0/s1. The van der Waals surface area contributed by atoms with Gasteiger partial charge in [-0.1, -0.05) is 0 Å². The van der Waals surface area contributed by atoms with Gasteiger partial charge >= 0.3 is 6.18 Å². The first-order valence-electron chi connectivity index (χ1n) is 5.39. The van der Waals surface area contributed by atoms with E-state index in [1.165, 1.54) is 4.90 Å². The Bertz CT molecular complexity index is 466. The number of β-amino-alcohol motifs (C(OH)–C–C–N with tert-alkyl or cyclic N) is 1. The number of aliphatic hydroxyl groups is 1. The van der Waals surface area contributed by atoms with E-state index in [2.05, 4.69) is 20.9 Å². The zero-order valence-electron chi connectivity index (χ0n) is 9.63. The van der Waals surface area contributed by atoms with Crippen molar-refractivity contribution in [3.8, 4) is 0 Å². The molecule has 0 aliphatic carbocycles. The van der Waals surface area contributed by atoms with Gasteiger partial charge in [0.25, 0.3) is 0 Å². The van der Waals surface area contributed by atoms with Crippen molar-refractivity contribution in [2.75, 3.05) is 18.0 Å². The highest BCUT2D eigenvalue weighted by molar-refractivity contribution is 9.10. The summed E-state index contributed by atoms with van der Waals surface area (Å²) in [5.41, 5.74) is -1.73. The molecule has 0 unspecified atom stereocenters. The van der Waals surface area contributed by atoms with Crippen LogP contribution in [0, 0.1) is 6.92 Å². The number of hydrogen-bond acceptors (Lipinski definition) is 3. The zero-order valence-corrected chi connectivity index (χ0v) is 11.2. The minimum Gasteiger partial charge on any atom is -0.379 e. The van der Waals surface area contributed by atoms with Crippen LogP contribution < -0.4 is 4.90 Å². The van der Waals surface area contributed by atoms with Crippen molar-refractivity contribution < 1.29 is 18.3 Å². The lowest BCUT2D eigenvalue weighted by atomic mass is 10.0. The van der Waals surface area contributed by atoms with Crippen LogP contribution in [0.1, 0.15) is 12.0 Å². The molecular weight excluding hydrogens is 313 g/mol. The first-order valence-corrected chi connectivity index (χ1v) is 6.18. The molecule has 0 amide bonds. The summed E-state index contributed by atoms with van der Waals surface area (Å²) in [5, 5.41) is 9.60. The van der Waals surface area contributed by atoms with Gasteiger partial charge in [0.15, 0.2) is 5.60 Å². The number of rotatable bonds is 1. The van der Waals surface area contributed by atoms with Crippen molar-refractivity contribution in [1.82, 2.24) is 4.98 Å². The predicted molar refractivity (Wildman–Crippen MR) is 64.5 cm³/mol. The molecule has 0 aromatic carbocycles. The summed E-state index contributed by atoms with van der Waals surface area (Å²) >= 11 is 3.28. The SMILES string of the molecule is Cc1cnc(N2CC[C@@](O)(C(F)(F)F)C2)c(Br)c1. The van der Waals surface area contributed by atoms with Crippen molar-refractivity contribution in [3.05, 3.63) is 22.3 Å². The van der Waals surface area contributed by atoms with Crippen LogP contribution in [0.3, 0.4) is 0 Å². The molecule has 0 saturated carbocycles. The van der Waals surface area contributed by atoms with Crippen molar-refractivity contribution in [3.63, 3.8) is 0 Å². The summed E-state index contributed by atoms with van der Waals surface area (Å²) in [5.74, 6) is 0.431. The number of pyridine rings is 1. The largest absolute Gasteiger partial charge is 0.418 e. The topological polar surface area (TPSA) is 36.4 Å². The highest BCUT2D eigenvalue weighted by Gasteiger charge is 2.57. The summed E-state index contributed by atoms with van der Waals surface area (Å²) in [6, 6.07) is 1.79. The molecule has 3 nitrogen and oxygen atoms in total. The van der Waals surface area contributed by atoms with E-state index in [1.54, 1.807) is 12.3 Å². The van der Waals surface area contributed by atoms with Crippen LogP contribution in [-0.4, -0.2) is 35.0 Å². The molecule has 1 aromatic rings. The lowest BCUT2D eigenvalue weighted by molar-refractivity contribution is -0.250. The van der Waals surface area contributed by atoms with Gasteiger partial charge in [-0.2, -0.15) is 13.2 Å². The maximum Gasteiger partial charge on any atom is 0.418 e. The van der Waals surface area contributed by atoms with Gasteiger partial charge in [0.05, 0.1) is 11.0 Å². The summed E-state index contributed by atoms with van der Waals surface area (Å²) in [6.45, 7) is 1.49. The monoisotopic (exact) mass is 324 g/mol. The normalized spacial score (nSPS) is 24.7. The second-order valence-electron chi connectivity index (χ2n) is 4.52. The molecule has 2 heterocycles. The van der Waals surface area contributed by atoms with Gasteiger partial charge in [0.2, 0.25) is 0 Å². The summed E-state index contributed by atoms with van der Waals surface area (Å²) < 4.78 is 38.7. The number of alkyl halides is 3. The van der Waals surface area contributed by atoms with Crippen LogP contribution in [0.25, 0.3) is 0 Å². The van der Waals surface area contributed by atoms with E-state index in [0.717, 1.165) is 5.56 Å². The molecular formula is C11H12BrF3N2O. The summed E-state index contributed by atoms with van der Waals surface area (Å²) in [6.07, 6.45) is -3.36. The van der Waals surface area contributed by atoms with Crippen molar-refractivity contribution >= 4 is 21.7 Å². The Hall–Kier alpha value is -0.820. The molecule has 1 aromatic heterocycles. The summed E-state index contributed by atoms with van der Waals surface area (Å²) in [4.78, 5) is 5.55. The average Bonchev–Trinajstić information content (AvgIpc) is 2.61. The minimum absolute atomic E-state index is 0.130. The number of halogens is 4. The van der Waals surface area contributed by atoms with E-state index < -0.39 is 18.3 Å². The van der Waals surface area contributed by atoms with Crippen LogP contribution in [0.5, 0.6) is 0 Å². The number of aromatic nitrogens is 1. The van der Waals surface area contributed by atoms with Gasteiger partial charge in [0.1, 0.15) is 5.82 Å². The van der Waals surface area contributed by atoms with Gasteiger partial charge in [-0.15, -0.1) is 0 Å². The van der Waals surface area contributed by atoms with Crippen LogP contribution in [0.4, 0.5) is 19.0 Å². The Morgan fingerprint density at radius 3 is 2.67 bits per heavy atom. The maximum atomic E-state index is 12.7. The van der Waals surface area contributed by atoms with E-state index in [1.807, 2.05) is 6.92 Å². The third-order valence-corrected chi connectivity index (χ3v) is 3.62. The lowest BCUT2D eigenvalue weighted by Gasteiger charge is -2.26. The molecule has 1 aliphatic heterocycles. The molecule has 1 fully saturated rings. The van der Waals surface area contributed by atoms with Gasteiger partial charge in [-0.3, -0.25) is 0 Å². The van der Waals surface area contributed by atoms with Crippen LogP contribution in [0.2, 0.25) is 0 Å². The molecule has 1 N–H and O–H groups in total. The Morgan fingerprint density at radius 2 is 2.17 bits per heavy atom. The molecule has 0 radical (unpaired) electrons. The van der Waals surface area contributed by atoms with Crippen LogP contribution in [0.15, 0.2) is 16.7 Å². The Balaban J connectivity index is 2.23. The second-order valence-corrected chi connectivity index (χ2v) is 5.37. The first-order chi connectivity index (χ1) is 8.23. The fraction of sp³-hybridized carbons (Fsp3) is 0.545. The third-order valence-electron chi connectivity index (χ3n) is 3.03. The van der Waals surface area contributed by atoms with E-state index in [9.17, 15) is 18.3 Å². The summed E-state index contributed by atoms with van der Waals surface area (Å²) in [7, 11) is 0. The lowest BCUT2D eigenvalue weighted by Crippen LogP contribution is -2.47. The predicted octanol–water partition coefficient (Wildman–Crippen LogP) is 2.66. The minimum atomic E-state index is -4.61. The van der Waals surface area contributed by atoms with Gasteiger partial charge in [-0.25, -0.2) is 4.98 Å². The Morgan fingerprint density at radius 1 is 1.50 bits per heavy atom. The van der Waals surface area contributed by atoms with Gasteiger partial charge < -0.3 is 10.0 Å². The van der Waals surface area contributed by atoms with Crippen LogP contribution >= 0.6 is 15.9 Å². The molecule has 1 saturated heterocycles. The molecule has 1 aliphatic rings. The number of anilines is 1. The number of aryl methyl sites for hydroxylation is 1. The van der Waals surface area contributed by atoms with Crippen molar-refractivity contribution in [2.24, 2.45) is 0 Å². The quantitative estimate of drug-likeness (QED) is 0.862. The van der Waals surface area contributed by atoms with E-state index in [0.29, 0.717) is 10.3 Å². The van der Waals surface area contributed by atoms with E-state index >= 15 is 0 Å². The number of nitrogens with zero attached hydrogens (tertiary/aromatic N) is 2. The smallest absolute Gasteiger partial charge is 0.379 e. The fourth-order valence-corrected chi connectivity index (χ4v) is 2.68. The first kappa shape index (κ1) is 13.6. The highest BCUT2D eigenvalue weighted by atomic mass is 79.9. The second kappa shape index (κ2) is 4.38. The highest BCUT2D eigenvalue weighted by Crippen LogP contribution is 2.40. The van der Waals surface area contributed by atoms with Crippen molar-refractivity contribution in [2.45, 2.75) is 25.1 Å². The molecule has 7 heteroatoms. The molecule has 1 atom stereocenters. The fourth-order valence-electron chi connectivity index (χ4n) is 1.96. The molecule has 18 heavy (non-hydrogen) atoms. The maximum absolute atomic E-state index is 12.7. The van der Waals surface area contributed by atoms with Gasteiger partial charge in [0, 0.05) is 19.2 Å². The molecule has 0 spiro atoms. The third kappa shape index (κ3) is 2.33. The Kier molecular flexibility index (Phi) is 3.31.